The lowest BCUT2D eigenvalue weighted by Crippen LogP contribution is -2.68. The van der Waals surface area contributed by atoms with Crippen LogP contribution >= 0.6 is 0 Å². The van der Waals surface area contributed by atoms with E-state index in [1.165, 1.54) is 41.5 Å². The fraction of sp³-hybridized carbons (Fsp3) is 0.935. The molecule has 4 aliphatic heterocycles. The Balaban J connectivity index is 1.68. The molecule has 20 atom stereocenters. The third-order valence-corrected chi connectivity index (χ3v) is 9.58. The average molecular weight is 759 g/mol. The Morgan fingerprint density at radius 1 is 0.519 bits per heavy atom. The molecule has 21 heteroatoms. The van der Waals surface area contributed by atoms with Gasteiger partial charge < -0.3 is 94.5 Å². The van der Waals surface area contributed by atoms with E-state index in [1.54, 1.807) is 0 Å². The van der Waals surface area contributed by atoms with Gasteiger partial charge in [-0.1, -0.05) is 0 Å². The molecule has 0 aromatic rings. The van der Waals surface area contributed by atoms with Gasteiger partial charge in [0.25, 0.3) is 0 Å². The zero-order valence-electron chi connectivity index (χ0n) is 29.6. The second kappa shape index (κ2) is 18.3. The zero-order valence-corrected chi connectivity index (χ0v) is 29.6. The van der Waals surface area contributed by atoms with Crippen LogP contribution in [-0.4, -0.2) is 200 Å². The Bertz CT molecular complexity index is 1170. The average Bonchev–Trinajstić information content (AvgIpc) is 3.08. The summed E-state index contributed by atoms with van der Waals surface area (Å²) in [5.41, 5.74) is 0. The highest BCUT2D eigenvalue weighted by Crippen LogP contribution is 2.36. The van der Waals surface area contributed by atoms with Crippen LogP contribution in [0.25, 0.3) is 0 Å². The van der Waals surface area contributed by atoms with E-state index >= 15 is 0 Å². The summed E-state index contributed by atoms with van der Waals surface area (Å²) in [4.78, 5) is 23.7. The maximum atomic E-state index is 11.9. The predicted molar refractivity (Wildman–Crippen MR) is 168 cm³/mol. The first-order valence-corrected chi connectivity index (χ1v) is 17.2. The smallest absolute Gasteiger partial charge is 0.217 e. The molecular weight excluding hydrogens is 704 g/mol. The van der Waals surface area contributed by atoms with Gasteiger partial charge >= 0.3 is 0 Å². The quantitative estimate of drug-likeness (QED) is 0.0883. The standard InChI is InChI=1S/C31H54N2O19/c1-9-18(38)16(32-13(5)36)22(42)28(45-9)51-26-24(44)20(40)11(3)47-30(26)50-25-21(41)12(4)48-31(49-15(7-34)8-35)27(25)52-29-23(43)17(33-14(6)37)19(39)10(2)46-29/h9-12,15-31,34-35,38-44H,7-8H2,1-6H3,(H,32,36)(H,33,37)/t9-,10-,11+,12+,16+,17+,18+,19+,20+,21+,22-,23-,24-,25-,26-,27-,28-,29-,30+,31+/m1/s1. The first-order valence-electron chi connectivity index (χ1n) is 17.2. The zero-order chi connectivity index (χ0) is 38.8. The Kier molecular flexibility index (Phi) is 15.1. The van der Waals surface area contributed by atoms with Crippen molar-refractivity contribution in [1.29, 1.82) is 0 Å². The maximum Gasteiger partial charge on any atom is 0.217 e. The number of carbonyl (C=O) groups excluding carboxylic acids is 2. The van der Waals surface area contributed by atoms with E-state index in [-0.39, 0.29) is 0 Å². The Labute approximate surface area is 299 Å². The molecule has 52 heavy (non-hydrogen) atoms. The number of aliphatic hydroxyl groups is 9. The molecule has 4 saturated heterocycles. The lowest BCUT2D eigenvalue weighted by atomic mass is 9.95. The SMILES string of the molecule is CC(=O)N[C@H]1[C@@H](O)[C@@H](C)O[C@H](O[C@H]2[C@H](O[C@@H]3[C@@H](O)[C@H](C)O[C@@H](OC(CO)CO)[C@@H]3O[C@H]3O[C@H](C)[C@H](O)[C@H](NC(C)=O)[C@H]3O)O[C@@H](C)[C@H](O)[C@H]2O)[C@@H]1O. The van der Waals surface area contributed by atoms with Crippen LogP contribution < -0.4 is 10.6 Å². The third kappa shape index (κ3) is 9.55. The largest absolute Gasteiger partial charge is 0.394 e. The molecule has 0 aromatic heterocycles. The van der Waals surface area contributed by atoms with Gasteiger partial charge in [-0.2, -0.15) is 0 Å². The lowest BCUT2D eigenvalue weighted by molar-refractivity contribution is -0.399. The Hall–Kier alpha value is -1.74. The number of nitrogens with one attached hydrogen (secondary N) is 2. The van der Waals surface area contributed by atoms with Crippen LogP contribution in [0.3, 0.4) is 0 Å². The van der Waals surface area contributed by atoms with E-state index < -0.39 is 154 Å². The van der Waals surface area contributed by atoms with Crippen molar-refractivity contribution in [1.82, 2.24) is 10.6 Å². The second-order valence-corrected chi connectivity index (χ2v) is 13.7. The van der Waals surface area contributed by atoms with Crippen molar-refractivity contribution in [2.45, 2.75) is 170 Å². The van der Waals surface area contributed by atoms with E-state index in [0.29, 0.717) is 0 Å². The molecule has 2 amide bonds. The van der Waals surface area contributed by atoms with Crippen LogP contribution in [0.4, 0.5) is 0 Å². The minimum atomic E-state index is -1.77. The molecule has 0 bridgehead atoms. The number of carbonyl (C=O) groups is 2. The molecular formula is C31H54N2O19. The minimum Gasteiger partial charge on any atom is -0.394 e. The van der Waals surface area contributed by atoms with Crippen LogP contribution in [0.1, 0.15) is 41.5 Å². The second-order valence-electron chi connectivity index (χ2n) is 13.7. The number of hydrogen-bond donors (Lipinski definition) is 11. The van der Waals surface area contributed by atoms with Gasteiger partial charge in [0.05, 0.1) is 49.7 Å². The van der Waals surface area contributed by atoms with Gasteiger partial charge in [0.15, 0.2) is 25.2 Å². The van der Waals surface area contributed by atoms with Gasteiger partial charge in [-0.3, -0.25) is 9.59 Å². The number of rotatable bonds is 12. The Morgan fingerprint density at radius 3 is 1.37 bits per heavy atom. The van der Waals surface area contributed by atoms with Gasteiger partial charge in [0.1, 0.15) is 67.1 Å². The molecule has 11 N–H and O–H groups in total. The molecule has 0 saturated carbocycles. The van der Waals surface area contributed by atoms with E-state index in [2.05, 4.69) is 10.6 Å². The minimum absolute atomic E-state index is 0.572. The fourth-order valence-electron chi connectivity index (χ4n) is 6.56. The molecule has 4 aliphatic rings. The molecule has 0 aliphatic carbocycles. The van der Waals surface area contributed by atoms with E-state index in [0.717, 1.165) is 0 Å². The van der Waals surface area contributed by atoms with Gasteiger partial charge in [-0.15, -0.1) is 0 Å². The van der Waals surface area contributed by atoms with Crippen LogP contribution in [0.15, 0.2) is 0 Å². The van der Waals surface area contributed by atoms with Gasteiger partial charge in [-0.25, -0.2) is 0 Å². The summed E-state index contributed by atoms with van der Waals surface area (Å²) in [7, 11) is 0. The highest BCUT2D eigenvalue weighted by Gasteiger charge is 2.55. The molecule has 0 unspecified atom stereocenters. The van der Waals surface area contributed by atoms with Crippen molar-refractivity contribution in [2.75, 3.05) is 13.2 Å². The highest BCUT2D eigenvalue weighted by atomic mass is 16.8. The summed E-state index contributed by atoms with van der Waals surface area (Å²) < 4.78 is 47.2. The normalized spacial score (nSPS) is 47.2. The van der Waals surface area contributed by atoms with Crippen molar-refractivity contribution >= 4 is 11.8 Å². The van der Waals surface area contributed by atoms with E-state index in [4.69, 9.17) is 37.9 Å². The molecule has 4 fully saturated rings. The van der Waals surface area contributed by atoms with Crippen molar-refractivity contribution in [2.24, 2.45) is 0 Å². The molecule has 21 nitrogen and oxygen atoms in total. The number of ether oxygens (including phenoxy) is 8. The van der Waals surface area contributed by atoms with Gasteiger partial charge in [0.2, 0.25) is 11.8 Å². The van der Waals surface area contributed by atoms with Crippen LogP contribution in [0.5, 0.6) is 0 Å². The molecule has 0 spiro atoms. The summed E-state index contributed by atoms with van der Waals surface area (Å²) >= 11 is 0. The van der Waals surface area contributed by atoms with Crippen LogP contribution in [-0.2, 0) is 47.5 Å². The topological polar surface area (TPSA) is 314 Å². The number of amides is 2. The van der Waals surface area contributed by atoms with Crippen molar-refractivity contribution in [3.63, 3.8) is 0 Å². The summed E-state index contributed by atoms with van der Waals surface area (Å²) in [6.07, 6.45) is -28.0. The van der Waals surface area contributed by atoms with Crippen LogP contribution in [0, 0.1) is 0 Å². The van der Waals surface area contributed by atoms with Crippen LogP contribution in [0.2, 0.25) is 0 Å². The Morgan fingerprint density at radius 2 is 0.904 bits per heavy atom. The summed E-state index contributed by atoms with van der Waals surface area (Å²) in [5.74, 6) is -1.15. The molecule has 4 heterocycles. The highest BCUT2D eigenvalue weighted by molar-refractivity contribution is 5.73. The summed E-state index contributed by atoms with van der Waals surface area (Å²) in [5, 5.41) is 101. The number of hydrogen-bond acceptors (Lipinski definition) is 19. The monoisotopic (exact) mass is 758 g/mol. The van der Waals surface area contributed by atoms with Gasteiger partial charge in [0, 0.05) is 13.8 Å². The van der Waals surface area contributed by atoms with E-state index in [1.807, 2.05) is 0 Å². The molecule has 4 rings (SSSR count). The molecule has 302 valence electrons. The van der Waals surface area contributed by atoms with Crippen molar-refractivity contribution in [3.8, 4) is 0 Å². The maximum absolute atomic E-state index is 11.9. The van der Waals surface area contributed by atoms with E-state index in [9.17, 15) is 55.5 Å². The molecule has 0 radical (unpaired) electrons. The third-order valence-electron chi connectivity index (χ3n) is 9.58. The predicted octanol–water partition coefficient (Wildman–Crippen LogP) is -5.97. The first-order chi connectivity index (χ1) is 24.4. The molecule has 0 aromatic carbocycles. The van der Waals surface area contributed by atoms with Crippen molar-refractivity contribution in [3.05, 3.63) is 0 Å². The van der Waals surface area contributed by atoms with Crippen molar-refractivity contribution < 1.29 is 93.4 Å². The summed E-state index contributed by atoms with van der Waals surface area (Å²) in [6.45, 7) is 6.75. The summed E-state index contributed by atoms with van der Waals surface area (Å²) in [6, 6.07) is -2.54. The lowest BCUT2D eigenvalue weighted by Gasteiger charge is -2.50. The first kappa shape index (κ1) is 43.0. The fourth-order valence-corrected chi connectivity index (χ4v) is 6.56. The number of aliphatic hydroxyl groups excluding tert-OH is 9. The van der Waals surface area contributed by atoms with Gasteiger partial charge in [-0.05, 0) is 27.7 Å².